The summed E-state index contributed by atoms with van der Waals surface area (Å²) < 4.78 is -1.61. The van der Waals surface area contributed by atoms with Gasteiger partial charge < -0.3 is 80.6 Å². The average Bonchev–Trinajstić information content (AvgIpc) is 1.50. The fraction of sp³-hybridized carbons (Fsp3) is 0.679. The Hall–Kier alpha value is -7.44. The van der Waals surface area contributed by atoms with Crippen LogP contribution in [-0.4, -0.2) is 196 Å². The Bertz CT molecular complexity index is 3640. The maximum atomic E-state index is 15.4. The van der Waals surface area contributed by atoms with Gasteiger partial charge in [-0.1, -0.05) is 85.7 Å². The number of thioether (sulfide) groups is 2. The lowest BCUT2D eigenvalue weighted by Crippen LogP contribution is -2.61. The van der Waals surface area contributed by atoms with Crippen molar-refractivity contribution in [3.05, 3.63) is 80.2 Å². The van der Waals surface area contributed by atoms with Crippen LogP contribution in [0, 0.1) is 23.7 Å². The first-order valence-corrected chi connectivity index (χ1v) is 42.1. The van der Waals surface area contributed by atoms with E-state index in [2.05, 4.69) is 61.7 Å². The van der Waals surface area contributed by atoms with Crippen molar-refractivity contribution in [1.82, 2.24) is 57.7 Å². The van der Waals surface area contributed by atoms with Crippen LogP contribution in [0.3, 0.4) is 0 Å². The van der Waals surface area contributed by atoms with Crippen LogP contribution in [0.5, 0.6) is 0 Å². The second-order valence-corrected chi connectivity index (χ2v) is 35.5. The molecule has 2 aliphatic carbocycles. The molecule has 0 unspecified atom stereocenters. The van der Waals surface area contributed by atoms with Gasteiger partial charge in [0.1, 0.15) is 60.4 Å². The van der Waals surface area contributed by atoms with E-state index in [-0.39, 0.29) is 88.6 Å². The van der Waals surface area contributed by atoms with Crippen molar-refractivity contribution >= 4 is 94.3 Å². The van der Waals surface area contributed by atoms with Gasteiger partial charge in [-0.2, -0.15) is 0 Å². The van der Waals surface area contributed by atoms with Gasteiger partial charge in [0.05, 0.1) is 25.3 Å². The van der Waals surface area contributed by atoms with Crippen molar-refractivity contribution in [2.75, 3.05) is 39.3 Å². The van der Waals surface area contributed by atoms with Crippen LogP contribution in [0.15, 0.2) is 74.6 Å². The molecule has 110 heavy (non-hydrogen) atoms. The molecule has 5 aliphatic heterocycles. The monoisotopic (exact) mass is 1560 g/mol. The van der Waals surface area contributed by atoms with Gasteiger partial charge in [0.25, 0.3) is 5.91 Å². The van der Waals surface area contributed by atoms with Gasteiger partial charge in [0, 0.05) is 19.5 Å². The molecule has 3 saturated heterocycles. The number of amides is 11. The molecule has 27 nitrogen and oxygen atoms in total. The number of rotatable bonds is 24. The average molecular weight is 1570 g/mol. The van der Waals surface area contributed by atoms with Gasteiger partial charge in [-0.15, -0.1) is 23.5 Å². The molecule has 0 aromatic heterocycles. The number of carbonyl (C=O) groups is 12. The first-order valence-electron chi connectivity index (χ1n) is 40.4. The minimum atomic E-state index is -1.27. The quantitative estimate of drug-likeness (QED) is 0.0627. The number of hydrogen-bond acceptors (Lipinski definition) is 18. The van der Waals surface area contributed by atoms with Gasteiger partial charge in [-0.05, 0) is 239 Å². The lowest BCUT2D eigenvalue weighted by atomic mass is 9.72. The second-order valence-electron chi connectivity index (χ2n) is 32.6. The van der Waals surface area contributed by atoms with Gasteiger partial charge >= 0.3 is 0 Å². The fourth-order valence-electron chi connectivity index (χ4n) is 16.3. The number of ketones is 1. The number of Topliss-reactive ketones (excluding diaryl/α,β-unsaturated/α-hetero) is 1. The molecule has 608 valence electrons. The van der Waals surface area contributed by atoms with E-state index < -0.39 is 153 Å². The first-order chi connectivity index (χ1) is 52.4. The van der Waals surface area contributed by atoms with Crippen molar-refractivity contribution in [3.63, 3.8) is 0 Å². The lowest BCUT2D eigenvalue weighted by molar-refractivity contribution is -0.143. The number of unbranched alkanes of at least 4 members (excludes halogenated alkanes) is 4. The highest BCUT2D eigenvalue weighted by Crippen LogP contribution is 2.68. The highest BCUT2D eigenvalue weighted by molar-refractivity contribution is 8.10. The molecule has 4 fully saturated rings. The topological polar surface area (TPSA) is 424 Å². The minimum absolute atomic E-state index is 0.0127. The summed E-state index contributed by atoms with van der Waals surface area (Å²) in [6.07, 6.45) is 12.3. The Morgan fingerprint density at radius 1 is 0.418 bits per heavy atom. The Morgan fingerprint density at radius 3 is 1.25 bits per heavy atom. The van der Waals surface area contributed by atoms with E-state index in [0.29, 0.717) is 106 Å². The third-order valence-corrected chi connectivity index (χ3v) is 25.8. The number of hydrogen-bond donors (Lipinski definition) is 13. The summed E-state index contributed by atoms with van der Waals surface area (Å²) in [6.45, 7) is 20.3. The summed E-state index contributed by atoms with van der Waals surface area (Å²) in [6, 6.07) is -3.87. The summed E-state index contributed by atoms with van der Waals surface area (Å²) in [5, 5.41) is 26.4. The number of benzene rings is 1. The van der Waals surface area contributed by atoms with Crippen molar-refractivity contribution in [2.24, 2.45) is 46.6 Å². The van der Waals surface area contributed by atoms with Crippen LogP contribution in [0.25, 0.3) is 0 Å². The van der Waals surface area contributed by atoms with Crippen molar-refractivity contribution in [2.45, 2.75) is 286 Å². The van der Waals surface area contributed by atoms with Crippen LogP contribution in [-0.2, 0) is 64.0 Å². The molecule has 4 bridgehead atoms. The molecular formula is C81H125N15O12S2. The number of nitrogens with one attached hydrogen (secondary N) is 9. The smallest absolute Gasteiger partial charge is 0.258 e. The molecular weight excluding hydrogens is 1440 g/mol. The number of fused-ring (bicyclic) bond motifs is 5. The third-order valence-electron chi connectivity index (χ3n) is 22.5. The van der Waals surface area contributed by atoms with Gasteiger partial charge in [-0.3, -0.25) is 57.5 Å². The first kappa shape index (κ1) is 88.1. The Kier molecular flexibility index (Phi) is 32.7. The summed E-state index contributed by atoms with van der Waals surface area (Å²) in [5.41, 5.74) is 28.8. The molecule has 0 spiro atoms. The Morgan fingerprint density at radius 2 is 0.791 bits per heavy atom. The maximum Gasteiger partial charge on any atom is 0.258 e. The molecule has 11 amide bonds. The largest absolute Gasteiger partial charge is 0.343 e. The Labute approximate surface area is 658 Å². The van der Waals surface area contributed by atoms with Crippen LogP contribution >= 0.6 is 23.5 Å². The number of nitrogens with zero attached hydrogens (tertiary/aromatic N) is 2. The zero-order chi connectivity index (χ0) is 80.3. The van der Waals surface area contributed by atoms with E-state index >= 15 is 24.0 Å². The van der Waals surface area contributed by atoms with Crippen LogP contribution in [0.4, 0.5) is 0 Å². The number of carbonyl (C=O) groups excluding carboxylic acids is 12. The van der Waals surface area contributed by atoms with Crippen LogP contribution in [0.2, 0.25) is 0 Å². The molecule has 17 N–H and O–H groups in total. The predicted molar refractivity (Wildman–Crippen MR) is 428 cm³/mol. The normalized spacial score (nSPS) is 29.0. The van der Waals surface area contributed by atoms with Gasteiger partial charge in [-0.25, -0.2) is 0 Å². The summed E-state index contributed by atoms with van der Waals surface area (Å²) in [7, 11) is 0. The molecule has 0 radical (unpaired) electrons. The maximum absolute atomic E-state index is 15.4. The molecule has 1 saturated carbocycles. The van der Waals surface area contributed by atoms with Gasteiger partial charge in [0.15, 0.2) is 5.78 Å². The highest BCUT2D eigenvalue weighted by Gasteiger charge is 2.61. The number of nitrogens with two attached hydrogens (primary N) is 4. The third kappa shape index (κ3) is 21.9. The van der Waals surface area contributed by atoms with Crippen molar-refractivity contribution in [3.8, 4) is 0 Å². The lowest BCUT2D eigenvalue weighted by Gasteiger charge is -2.47. The molecule has 5 heterocycles. The SMILES string of the molecule is CC(C)C[C@@H]1NC(=O)[C@H](CCCCN)NC(=O)[C@H](C(C)C)NC(=O)[C@@H]2CCCN2C(=O)[C@@H](Cc2ccccc2)NC(=O)[C@H](CC(C)C)NC(=O)[C@H](CCCCN)NC(=O)[C@H](C(C)C)NC(=O)[C@H](CCCCN)NC(=O)C2=CC3=C4CCCC4=C4C=C(S[C@]4(C)[C@@]3(C)S2)C(=O)[C@H]2CCCN2C(=O)[C@H](CCCCN)NC1=O. The molecule has 13 atom stereocenters. The standard InChI is InChI=1S/C81H125N15O12S2/c1-46(2)41-59-72(101)89-58(32-17-21-38-85)78(107)95-39-23-33-62(95)68(97)64-44-53-51-27-22-28-52(51)54-45-65(110-81(54,10)80(53,9)109-64)75(104)86-57(31-16-20-37-84)71(100)93-66(48(5)6)76(105)87-55(29-14-18-35-82)70(99)91-60(42-47(3)4)73(102)92-61(43-50-25-12-11-13-26-50)79(108)96-40-24-34-63(96)74(103)94-67(49(7)8)77(106)88-56(69(98)90-59)30-15-19-36-83/h11-13,25-26,44-49,55-63,66-67H,14-24,27-43,82-85H2,1-10H3,(H,86,104)(H,87,105)(H,88,106)(H,89,101)(H,90,98)(H,91,99)(H,92,102)(H,93,100)(H,94,103)/t55-,56-,57-,58-,59-,60-,61+,62+,63-,66-,67-,80-,81-/m0/s1. The van der Waals surface area contributed by atoms with E-state index in [9.17, 15) is 33.6 Å². The van der Waals surface area contributed by atoms with E-state index in [1.807, 2.05) is 45.9 Å². The van der Waals surface area contributed by atoms with Crippen LogP contribution in [0.1, 0.15) is 210 Å². The zero-order valence-electron chi connectivity index (χ0n) is 66.4. The van der Waals surface area contributed by atoms with Crippen molar-refractivity contribution < 1.29 is 57.5 Å². The summed E-state index contributed by atoms with van der Waals surface area (Å²) in [5.74, 6) is -8.58. The summed E-state index contributed by atoms with van der Waals surface area (Å²) >= 11 is 2.80. The van der Waals surface area contributed by atoms with Crippen molar-refractivity contribution in [1.29, 1.82) is 0 Å². The zero-order valence-corrected chi connectivity index (χ0v) is 68.1. The van der Waals surface area contributed by atoms with E-state index in [1.54, 1.807) is 56.9 Å². The predicted octanol–water partition coefficient (Wildman–Crippen LogP) is 4.65. The highest BCUT2D eigenvalue weighted by atomic mass is 32.2. The molecule has 8 rings (SSSR count). The Balaban J connectivity index is 1.16. The second kappa shape index (κ2) is 40.8. The van der Waals surface area contributed by atoms with E-state index in [1.165, 1.54) is 28.4 Å². The van der Waals surface area contributed by atoms with Crippen LogP contribution < -0.4 is 70.8 Å². The molecule has 1 aromatic carbocycles. The van der Waals surface area contributed by atoms with E-state index in [4.69, 9.17) is 22.9 Å². The fourth-order valence-corrected chi connectivity index (χ4v) is 19.3. The van der Waals surface area contributed by atoms with E-state index in [0.717, 1.165) is 41.6 Å². The van der Waals surface area contributed by atoms with Gasteiger partial charge in [0.2, 0.25) is 59.1 Å². The molecule has 29 heteroatoms. The number of allylic oxidation sites excluding steroid dienone is 4. The summed E-state index contributed by atoms with van der Waals surface area (Å²) in [4.78, 5) is 184. The minimum Gasteiger partial charge on any atom is -0.343 e. The molecule has 1 aromatic rings. The molecule has 7 aliphatic rings.